The van der Waals surface area contributed by atoms with Gasteiger partial charge >= 0.3 is 0 Å². The Morgan fingerprint density at radius 2 is 1.59 bits per heavy atom. The highest BCUT2D eigenvalue weighted by atomic mass is 19.1. The summed E-state index contributed by atoms with van der Waals surface area (Å²) in [5.41, 5.74) is 0.885. The summed E-state index contributed by atoms with van der Waals surface area (Å²) in [5.74, 6) is 2.70. The fourth-order valence-corrected chi connectivity index (χ4v) is 6.61. The molecule has 0 unspecified atom stereocenters. The maximum absolute atomic E-state index is 14.0. The smallest absolute Gasteiger partial charge is 0.236 e. The Hall–Kier alpha value is -1.62. The van der Waals surface area contributed by atoms with Gasteiger partial charge in [0.15, 0.2) is 0 Å². The Balaban J connectivity index is 1.15. The number of carbonyl (C=O) groups is 1. The normalized spacial score (nSPS) is 34.9. The van der Waals surface area contributed by atoms with Crippen LogP contribution in [0.4, 0.5) is 10.1 Å². The molecule has 4 saturated carbocycles. The first-order valence-electron chi connectivity index (χ1n) is 10.6. The molecule has 1 aromatic rings. The third kappa shape index (κ3) is 3.35. The molecule has 1 aromatic carbocycles. The lowest BCUT2D eigenvalue weighted by Gasteiger charge is -2.57. The van der Waals surface area contributed by atoms with Gasteiger partial charge in [0.25, 0.3) is 0 Å². The lowest BCUT2D eigenvalue weighted by Crippen LogP contribution is -2.60. The Labute approximate surface area is 161 Å². The molecule has 0 spiro atoms. The summed E-state index contributed by atoms with van der Waals surface area (Å²) in [6.45, 7) is 3.21. The van der Waals surface area contributed by atoms with Gasteiger partial charge in [-0.1, -0.05) is 12.1 Å². The van der Waals surface area contributed by atoms with E-state index in [1.807, 2.05) is 21.9 Å². The number of hydrogen-bond donors (Lipinski definition) is 1. The predicted molar refractivity (Wildman–Crippen MR) is 104 cm³/mol. The Morgan fingerprint density at radius 1 is 1.00 bits per heavy atom. The number of rotatable bonds is 4. The first kappa shape index (κ1) is 17.5. The monoisotopic (exact) mass is 371 g/mol. The second-order valence-corrected chi connectivity index (χ2v) is 9.37. The summed E-state index contributed by atoms with van der Waals surface area (Å²) >= 11 is 0. The van der Waals surface area contributed by atoms with Crippen LogP contribution in [0.5, 0.6) is 0 Å². The van der Waals surface area contributed by atoms with Gasteiger partial charge in [-0.25, -0.2) is 4.39 Å². The molecule has 4 aliphatic carbocycles. The van der Waals surface area contributed by atoms with E-state index in [1.54, 1.807) is 6.07 Å². The van der Waals surface area contributed by atoms with E-state index >= 15 is 0 Å². The van der Waals surface area contributed by atoms with Crippen molar-refractivity contribution in [1.82, 2.24) is 10.2 Å². The van der Waals surface area contributed by atoms with E-state index in [0.717, 1.165) is 17.8 Å². The molecule has 0 radical (unpaired) electrons. The maximum atomic E-state index is 14.0. The van der Waals surface area contributed by atoms with Crippen molar-refractivity contribution in [1.29, 1.82) is 0 Å². The largest absolute Gasteiger partial charge is 0.366 e. The molecule has 4 nitrogen and oxygen atoms in total. The van der Waals surface area contributed by atoms with Gasteiger partial charge in [-0.05, 0) is 68.4 Å². The number of nitrogens with one attached hydrogen (secondary N) is 1. The van der Waals surface area contributed by atoms with Crippen LogP contribution in [0.2, 0.25) is 0 Å². The molecule has 27 heavy (non-hydrogen) atoms. The number of anilines is 1. The van der Waals surface area contributed by atoms with Crippen molar-refractivity contribution in [3.05, 3.63) is 30.1 Å². The molecule has 5 aliphatic rings. The summed E-state index contributed by atoms with van der Waals surface area (Å²) in [5, 5.41) is 3.71. The lowest BCUT2D eigenvalue weighted by atomic mass is 9.53. The van der Waals surface area contributed by atoms with Crippen LogP contribution < -0.4 is 10.2 Å². The van der Waals surface area contributed by atoms with Crippen LogP contribution in [-0.2, 0) is 4.79 Å². The van der Waals surface area contributed by atoms with Crippen molar-refractivity contribution >= 4 is 11.6 Å². The first-order chi connectivity index (χ1) is 13.1. The molecule has 0 atom stereocenters. The van der Waals surface area contributed by atoms with E-state index in [1.165, 1.54) is 44.6 Å². The zero-order valence-corrected chi connectivity index (χ0v) is 16.0. The molecule has 6 rings (SSSR count). The molecular formula is C22H30FN3O. The van der Waals surface area contributed by atoms with Gasteiger partial charge in [-0.3, -0.25) is 4.79 Å². The van der Waals surface area contributed by atoms with Crippen molar-refractivity contribution in [3.8, 4) is 0 Å². The number of amides is 1. The van der Waals surface area contributed by atoms with Crippen LogP contribution in [-0.4, -0.2) is 49.1 Å². The van der Waals surface area contributed by atoms with Crippen LogP contribution in [0, 0.1) is 23.6 Å². The second kappa shape index (κ2) is 6.77. The topological polar surface area (TPSA) is 35.6 Å². The molecule has 4 bridgehead atoms. The highest BCUT2D eigenvalue weighted by Crippen LogP contribution is 2.55. The van der Waals surface area contributed by atoms with Gasteiger partial charge in [-0.2, -0.15) is 0 Å². The van der Waals surface area contributed by atoms with E-state index in [4.69, 9.17) is 0 Å². The number of piperazine rings is 1. The molecule has 1 aliphatic heterocycles. The van der Waals surface area contributed by atoms with E-state index < -0.39 is 0 Å². The molecular weight excluding hydrogens is 341 g/mol. The summed E-state index contributed by atoms with van der Waals surface area (Å²) in [6.07, 6.45) is 8.08. The van der Waals surface area contributed by atoms with Crippen molar-refractivity contribution in [2.24, 2.45) is 17.8 Å². The van der Waals surface area contributed by atoms with Gasteiger partial charge in [0.1, 0.15) is 5.82 Å². The highest BCUT2D eigenvalue weighted by Gasteiger charge is 2.50. The zero-order chi connectivity index (χ0) is 18.4. The minimum atomic E-state index is -0.180. The van der Waals surface area contributed by atoms with Crippen LogP contribution in [0.15, 0.2) is 24.3 Å². The van der Waals surface area contributed by atoms with Gasteiger partial charge in [-0.15, -0.1) is 0 Å². The molecule has 1 saturated heterocycles. The SMILES string of the molecule is O=C(CNC12CC3CC(CC(C3)C1)C2)N1CCN(c2ccccc2F)CC1. The number of nitrogens with zero attached hydrogens (tertiary/aromatic N) is 2. The molecule has 146 valence electrons. The average Bonchev–Trinajstić information content (AvgIpc) is 2.66. The molecule has 1 N–H and O–H groups in total. The summed E-state index contributed by atoms with van der Waals surface area (Å²) in [7, 11) is 0. The van der Waals surface area contributed by atoms with E-state index in [2.05, 4.69) is 5.32 Å². The van der Waals surface area contributed by atoms with Gasteiger partial charge in [0, 0.05) is 31.7 Å². The standard InChI is InChI=1S/C22H30FN3O/c23-19-3-1-2-4-20(19)25-5-7-26(8-6-25)21(27)15-24-22-12-16-9-17(13-22)11-18(10-16)14-22/h1-4,16-18,24H,5-15H2. The summed E-state index contributed by atoms with van der Waals surface area (Å²) < 4.78 is 14.0. The highest BCUT2D eigenvalue weighted by molar-refractivity contribution is 5.78. The van der Waals surface area contributed by atoms with E-state index in [9.17, 15) is 9.18 Å². The minimum Gasteiger partial charge on any atom is -0.366 e. The zero-order valence-electron chi connectivity index (χ0n) is 16.0. The number of para-hydroxylation sites is 1. The molecule has 5 fully saturated rings. The Kier molecular flexibility index (Phi) is 4.38. The third-order valence-electron chi connectivity index (χ3n) is 7.48. The predicted octanol–water partition coefficient (Wildman–Crippen LogP) is 3.03. The van der Waals surface area contributed by atoms with E-state index in [0.29, 0.717) is 38.4 Å². The van der Waals surface area contributed by atoms with Crippen LogP contribution in [0.25, 0.3) is 0 Å². The van der Waals surface area contributed by atoms with Crippen LogP contribution in [0.3, 0.4) is 0 Å². The van der Waals surface area contributed by atoms with Crippen LogP contribution >= 0.6 is 0 Å². The van der Waals surface area contributed by atoms with Crippen molar-refractivity contribution in [3.63, 3.8) is 0 Å². The first-order valence-corrected chi connectivity index (χ1v) is 10.6. The third-order valence-corrected chi connectivity index (χ3v) is 7.48. The molecule has 5 heteroatoms. The lowest BCUT2D eigenvalue weighted by molar-refractivity contribution is -0.131. The van der Waals surface area contributed by atoms with Gasteiger partial charge < -0.3 is 15.1 Å². The summed E-state index contributed by atoms with van der Waals surface area (Å²) in [6, 6.07) is 6.91. The summed E-state index contributed by atoms with van der Waals surface area (Å²) in [4.78, 5) is 16.8. The fourth-order valence-electron chi connectivity index (χ4n) is 6.61. The molecule has 1 heterocycles. The molecule has 0 aromatic heterocycles. The minimum absolute atomic E-state index is 0.180. The quantitative estimate of drug-likeness (QED) is 0.884. The number of hydrogen-bond acceptors (Lipinski definition) is 3. The van der Waals surface area contributed by atoms with Gasteiger partial charge in [0.2, 0.25) is 5.91 Å². The Bertz CT molecular complexity index is 678. The Morgan fingerprint density at radius 3 is 2.19 bits per heavy atom. The van der Waals surface area contributed by atoms with Crippen LogP contribution in [0.1, 0.15) is 38.5 Å². The average molecular weight is 372 g/mol. The number of halogens is 1. The second-order valence-electron chi connectivity index (χ2n) is 9.37. The molecule has 1 amide bonds. The fraction of sp³-hybridized carbons (Fsp3) is 0.682. The number of benzene rings is 1. The number of carbonyl (C=O) groups excluding carboxylic acids is 1. The van der Waals surface area contributed by atoms with Crippen molar-refractivity contribution in [2.45, 2.75) is 44.1 Å². The van der Waals surface area contributed by atoms with Crippen molar-refractivity contribution < 1.29 is 9.18 Å². The van der Waals surface area contributed by atoms with Crippen molar-refractivity contribution in [2.75, 3.05) is 37.6 Å². The van der Waals surface area contributed by atoms with E-state index in [-0.39, 0.29) is 17.3 Å². The maximum Gasteiger partial charge on any atom is 0.236 e. The van der Waals surface area contributed by atoms with Gasteiger partial charge in [0.05, 0.1) is 12.2 Å².